The first-order chi connectivity index (χ1) is 17.3. The Morgan fingerprint density at radius 3 is 2.58 bits per heavy atom. The molecule has 0 radical (unpaired) electrons. The lowest BCUT2D eigenvalue weighted by Crippen LogP contribution is -2.50. The van der Waals surface area contributed by atoms with Crippen LogP contribution in [0.5, 0.6) is 0 Å². The number of benzene rings is 1. The number of carbonyl (C=O) groups excluding carboxylic acids is 1. The van der Waals surface area contributed by atoms with E-state index >= 15 is 0 Å². The summed E-state index contributed by atoms with van der Waals surface area (Å²) in [5.41, 5.74) is 2.78. The zero-order valence-electron chi connectivity index (χ0n) is 21.5. The highest BCUT2D eigenvalue weighted by Gasteiger charge is 2.21. The van der Waals surface area contributed by atoms with E-state index in [9.17, 15) is 9.90 Å². The summed E-state index contributed by atoms with van der Waals surface area (Å²) in [5.74, 6) is -0.0978. The second kappa shape index (κ2) is 11.9. The number of para-hydroxylation sites is 1. The third kappa shape index (κ3) is 7.30. The van der Waals surface area contributed by atoms with E-state index in [0.29, 0.717) is 25.3 Å². The van der Waals surface area contributed by atoms with Crippen molar-refractivity contribution in [3.63, 3.8) is 0 Å². The molecule has 1 fully saturated rings. The zero-order valence-corrected chi connectivity index (χ0v) is 21.5. The molecule has 0 bridgehead atoms. The molecular formula is C28H37N5O3. The molecule has 3 aromatic rings. The van der Waals surface area contributed by atoms with Gasteiger partial charge in [-0.05, 0) is 45.0 Å². The van der Waals surface area contributed by atoms with E-state index < -0.39 is 6.10 Å². The van der Waals surface area contributed by atoms with Gasteiger partial charge >= 0.3 is 0 Å². The Hall–Kier alpha value is -2.91. The number of ether oxygens (including phenoxy) is 1. The summed E-state index contributed by atoms with van der Waals surface area (Å²) in [6, 6.07) is 13.4. The van der Waals surface area contributed by atoms with Crippen LogP contribution in [0.4, 0.5) is 0 Å². The fourth-order valence-electron chi connectivity index (χ4n) is 4.34. The molecule has 4 rings (SSSR count). The highest BCUT2D eigenvalue weighted by atomic mass is 16.5. The van der Waals surface area contributed by atoms with Gasteiger partial charge in [0.25, 0.3) is 5.91 Å². The number of nitrogens with one attached hydrogen (secondary N) is 1. The lowest BCUT2D eigenvalue weighted by Gasteiger charge is -2.35. The molecule has 0 aliphatic carbocycles. The normalized spacial score (nSPS) is 16.2. The van der Waals surface area contributed by atoms with Crippen LogP contribution < -0.4 is 5.32 Å². The van der Waals surface area contributed by atoms with Crippen LogP contribution in [-0.2, 0) is 4.74 Å². The molecule has 0 saturated carbocycles. The Labute approximate surface area is 213 Å². The van der Waals surface area contributed by atoms with Crippen molar-refractivity contribution in [1.82, 2.24) is 25.1 Å². The summed E-state index contributed by atoms with van der Waals surface area (Å²) >= 11 is 0. The molecule has 8 nitrogen and oxygen atoms in total. The van der Waals surface area contributed by atoms with Crippen molar-refractivity contribution in [2.24, 2.45) is 0 Å². The van der Waals surface area contributed by atoms with E-state index in [4.69, 9.17) is 9.72 Å². The number of fused-ring (bicyclic) bond motifs is 1. The van der Waals surface area contributed by atoms with Crippen molar-refractivity contribution in [3.8, 4) is 11.3 Å². The van der Waals surface area contributed by atoms with E-state index in [1.165, 1.54) is 0 Å². The van der Waals surface area contributed by atoms with Gasteiger partial charge in [0.05, 0.1) is 35.1 Å². The molecule has 8 heteroatoms. The average Bonchev–Trinajstić information content (AvgIpc) is 2.88. The van der Waals surface area contributed by atoms with Gasteiger partial charge in [0.15, 0.2) is 0 Å². The summed E-state index contributed by atoms with van der Waals surface area (Å²) in [7, 11) is 0. The predicted octanol–water partition coefficient (Wildman–Crippen LogP) is 2.82. The Morgan fingerprint density at radius 1 is 1.11 bits per heavy atom. The quantitative estimate of drug-likeness (QED) is 0.476. The summed E-state index contributed by atoms with van der Waals surface area (Å²) in [6.07, 6.45) is 3.00. The van der Waals surface area contributed by atoms with E-state index in [0.717, 1.165) is 54.9 Å². The molecule has 0 spiro atoms. The minimum atomic E-state index is -0.484. The van der Waals surface area contributed by atoms with E-state index in [1.807, 2.05) is 63.2 Å². The van der Waals surface area contributed by atoms with Crippen molar-refractivity contribution in [2.45, 2.75) is 32.5 Å². The molecule has 2 N–H and O–H groups in total. The number of hydrogen-bond donors (Lipinski definition) is 2. The summed E-state index contributed by atoms with van der Waals surface area (Å²) in [6.45, 7) is 11.9. The van der Waals surface area contributed by atoms with Gasteiger partial charge in [-0.3, -0.25) is 19.6 Å². The molecular weight excluding hydrogens is 454 g/mol. The minimum Gasteiger partial charge on any atom is -0.389 e. The lowest BCUT2D eigenvalue weighted by molar-refractivity contribution is -0.0585. The van der Waals surface area contributed by atoms with Crippen LogP contribution in [0.2, 0.25) is 0 Å². The molecule has 1 atom stereocenters. The van der Waals surface area contributed by atoms with Crippen molar-refractivity contribution in [1.29, 1.82) is 0 Å². The first kappa shape index (κ1) is 26.2. The SMILES string of the molecule is CC(C)(C)OC[C@H](O)CN1CCN(CCNC(=O)c2cc(-c3cccnc3)nc3ccccc23)CC1. The van der Waals surface area contributed by atoms with Gasteiger partial charge in [-0.2, -0.15) is 0 Å². The topological polar surface area (TPSA) is 90.8 Å². The molecule has 3 heterocycles. The highest BCUT2D eigenvalue weighted by Crippen LogP contribution is 2.24. The van der Waals surface area contributed by atoms with Crippen LogP contribution >= 0.6 is 0 Å². The largest absolute Gasteiger partial charge is 0.389 e. The summed E-state index contributed by atoms with van der Waals surface area (Å²) in [5, 5.41) is 14.2. The minimum absolute atomic E-state index is 0.0978. The average molecular weight is 492 g/mol. The van der Waals surface area contributed by atoms with Gasteiger partial charge in [0.2, 0.25) is 0 Å². The Bertz CT molecular complexity index is 1140. The van der Waals surface area contributed by atoms with Gasteiger partial charge in [-0.15, -0.1) is 0 Å². The third-order valence-corrected chi connectivity index (χ3v) is 6.27. The number of nitrogens with zero attached hydrogens (tertiary/aromatic N) is 4. The molecule has 1 aliphatic heterocycles. The molecule has 1 aromatic carbocycles. The van der Waals surface area contributed by atoms with E-state index in [-0.39, 0.29) is 11.5 Å². The predicted molar refractivity (Wildman–Crippen MR) is 142 cm³/mol. The zero-order chi connectivity index (χ0) is 25.5. The number of rotatable bonds is 9. The van der Waals surface area contributed by atoms with E-state index in [2.05, 4.69) is 20.1 Å². The number of piperazine rings is 1. The van der Waals surface area contributed by atoms with Crippen LogP contribution in [0.15, 0.2) is 54.9 Å². The van der Waals surface area contributed by atoms with Gasteiger partial charge in [-0.1, -0.05) is 18.2 Å². The van der Waals surface area contributed by atoms with Crippen LogP contribution in [-0.4, -0.2) is 94.9 Å². The number of amides is 1. The summed E-state index contributed by atoms with van der Waals surface area (Å²) < 4.78 is 5.69. The maximum absolute atomic E-state index is 13.2. The maximum atomic E-state index is 13.2. The Morgan fingerprint density at radius 2 is 1.86 bits per heavy atom. The first-order valence-corrected chi connectivity index (χ1v) is 12.6. The Balaban J connectivity index is 1.28. The second-order valence-corrected chi connectivity index (χ2v) is 10.3. The number of aliphatic hydroxyl groups is 1. The van der Waals surface area contributed by atoms with Crippen molar-refractivity contribution < 1.29 is 14.6 Å². The number of β-amino-alcohol motifs (C(OH)–C–C–N with tert-alkyl or cyclic N) is 1. The third-order valence-electron chi connectivity index (χ3n) is 6.27. The molecule has 0 unspecified atom stereocenters. The van der Waals surface area contributed by atoms with Gasteiger partial charge in [0.1, 0.15) is 0 Å². The standard InChI is InChI=1S/C28H37N5O3/c1-28(2,3)36-20-22(34)19-33-15-13-32(14-16-33)12-11-30-27(35)24-17-26(21-7-6-10-29-18-21)31-25-9-5-4-8-23(24)25/h4-10,17-18,22,34H,11-16,19-20H2,1-3H3,(H,30,35)/t22-/m1/s1. The number of pyridine rings is 2. The Kier molecular flexibility index (Phi) is 8.64. The molecule has 1 aliphatic rings. The molecule has 192 valence electrons. The fraction of sp³-hybridized carbons (Fsp3) is 0.464. The molecule has 1 amide bonds. The number of aromatic nitrogens is 2. The van der Waals surface area contributed by atoms with Crippen molar-refractivity contribution >= 4 is 16.8 Å². The molecule has 1 saturated heterocycles. The van der Waals surface area contributed by atoms with Gasteiger partial charge < -0.3 is 15.2 Å². The highest BCUT2D eigenvalue weighted by molar-refractivity contribution is 6.07. The van der Waals surface area contributed by atoms with Crippen LogP contribution in [0.25, 0.3) is 22.2 Å². The molecule has 36 heavy (non-hydrogen) atoms. The fourth-order valence-corrected chi connectivity index (χ4v) is 4.34. The number of aliphatic hydroxyl groups excluding tert-OH is 1. The van der Waals surface area contributed by atoms with E-state index in [1.54, 1.807) is 12.4 Å². The van der Waals surface area contributed by atoms with Gasteiger partial charge in [-0.25, -0.2) is 4.98 Å². The maximum Gasteiger partial charge on any atom is 0.252 e. The molecule has 2 aromatic heterocycles. The van der Waals surface area contributed by atoms with Crippen molar-refractivity contribution in [2.75, 3.05) is 52.4 Å². The van der Waals surface area contributed by atoms with Crippen LogP contribution in [0, 0.1) is 0 Å². The van der Waals surface area contributed by atoms with Crippen LogP contribution in [0.3, 0.4) is 0 Å². The van der Waals surface area contributed by atoms with Crippen LogP contribution in [0.1, 0.15) is 31.1 Å². The number of carbonyl (C=O) groups is 1. The van der Waals surface area contributed by atoms with Crippen molar-refractivity contribution in [3.05, 3.63) is 60.4 Å². The number of hydrogen-bond acceptors (Lipinski definition) is 7. The first-order valence-electron chi connectivity index (χ1n) is 12.6. The summed E-state index contributed by atoms with van der Waals surface area (Å²) in [4.78, 5) is 26.7. The monoisotopic (exact) mass is 491 g/mol. The van der Waals surface area contributed by atoms with Gasteiger partial charge in [0, 0.05) is 69.2 Å². The smallest absolute Gasteiger partial charge is 0.252 e. The second-order valence-electron chi connectivity index (χ2n) is 10.3. The lowest BCUT2D eigenvalue weighted by atomic mass is 10.0.